The molecule has 1 aromatic heterocycles. The van der Waals surface area contributed by atoms with Gasteiger partial charge in [0.05, 0.1) is 5.75 Å². The van der Waals surface area contributed by atoms with Crippen LogP contribution in [0.2, 0.25) is 5.15 Å². The number of rotatable bonds is 5. The van der Waals surface area contributed by atoms with Crippen LogP contribution in [0.3, 0.4) is 0 Å². The maximum absolute atomic E-state index is 11.2. The molecule has 0 atom stereocenters. The Hall–Kier alpha value is -0.810. The summed E-state index contributed by atoms with van der Waals surface area (Å²) in [4.78, 5) is 3.98. The molecule has 0 aliphatic heterocycles. The lowest BCUT2D eigenvalue weighted by Gasteiger charge is -2.05. The maximum Gasteiger partial charge on any atom is 0.151 e. The van der Waals surface area contributed by atoms with Crippen molar-refractivity contribution < 1.29 is 8.42 Å². The van der Waals surface area contributed by atoms with Crippen molar-refractivity contribution in [1.82, 2.24) is 4.98 Å². The molecule has 0 fully saturated rings. The zero-order valence-electron chi connectivity index (χ0n) is 8.40. The molecule has 0 radical (unpaired) electrons. The molecule has 4 nitrogen and oxygen atoms in total. The molecule has 1 rings (SSSR count). The van der Waals surface area contributed by atoms with Crippen LogP contribution in [0.4, 0.5) is 5.82 Å². The van der Waals surface area contributed by atoms with Crippen LogP contribution in [0.1, 0.15) is 6.92 Å². The summed E-state index contributed by atoms with van der Waals surface area (Å²) >= 11 is 5.67. The van der Waals surface area contributed by atoms with Crippen LogP contribution in [-0.4, -0.2) is 31.5 Å². The van der Waals surface area contributed by atoms with Gasteiger partial charge in [0.2, 0.25) is 0 Å². The van der Waals surface area contributed by atoms with Crippen LogP contribution >= 0.6 is 11.6 Å². The van der Waals surface area contributed by atoms with E-state index < -0.39 is 9.84 Å². The molecule has 0 saturated heterocycles. The third-order valence-electron chi connectivity index (χ3n) is 1.87. The van der Waals surface area contributed by atoms with Crippen LogP contribution in [0.25, 0.3) is 0 Å². The largest absolute Gasteiger partial charge is 0.369 e. The first-order chi connectivity index (χ1) is 7.03. The van der Waals surface area contributed by atoms with Crippen molar-refractivity contribution in [2.75, 3.05) is 23.4 Å². The lowest BCUT2D eigenvalue weighted by Crippen LogP contribution is -2.17. The topological polar surface area (TPSA) is 59.1 Å². The van der Waals surface area contributed by atoms with Gasteiger partial charge in [-0.1, -0.05) is 24.6 Å². The Balaban J connectivity index is 2.45. The Bertz CT molecular complexity index is 420. The second-order valence-corrected chi connectivity index (χ2v) is 5.87. The molecule has 0 spiro atoms. The molecule has 84 valence electrons. The molecule has 1 heterocycles. The smallest absolute Gasteiger partial charge is 0.151 e. The standard InChI is InChI=1S/C9H13ClN2O2S/c1-2-15(13,14)7-6-11-9-5-3-4-8(10)12-9/h3-5H,2,6-7H2,1H3,(H,11,12). The van der Waals surface area contributed by atoms with Crippen molar-refractivity contribution in [3.05, 3.63) is 23.4 Å². The summed E-state index contributed by atoms with van der Waals surface area (Å²) in [6.45, 7) is 1.98. The summed E-state index contributed by atoms with van der Waals surface area (Å²) in [5.74, 6) is 0.865. The minimum atomic E-state index is -2.92. The molecule has 6 heteroatoms. The number of nitrogens with zero attached hydrogens (tertiary/aromatic N) is 1. The number of anilines is 1. The molecular weight excluding hydrogens is 236 g/mol. The first-order valence-electron chi connectivity index (χ1n) is 4.60. The van der Waals surface area contributed by atoms with Crippen LogP contribution in [0, 0.1) is 0 Å². The van der Waals surface area contributed by atoms with Crippen LogP contribution < -0.4 is 5.32 Å². The minimum absolute atomic E-state index is 0.109. The lowest BCUT2D eigenvalue weighted by molar-refractivity contribution is 0.597. The number of hydrogen-bond donors (Lipinski definition) is 1. The van der Waals surface area contributed by atoms with Crippen LogP contribution in [0.5, 0.6) is 0 Å². The van der Waals surface area contributed by atoms with Crippen molar-refractivity contribution in [2.24, 2.45) is 0 Å². The quantitative estimate of drug-likeness (QED) is 0.804. The van der Waals surface area contributed by atoms with E-state index in [1.165, 1.54) is 0 Å². The summed E-state index contributed by atoms with van der Waals surface area (Å²) in [7, 11) is -2.92. The predicted octanol–water partition coefficient (Wildman–Crippen LogP) is 1.58. The summed E-state index contributed by atoms with van der Waals surface area (Å²) in [6, 6.07) is 5.16. The fourth-order valence-corrected chi connectivity index (χ4v) is 1.85. The summed E-state index contributed by atoms with van der Waals surface area (Å²) in [6.07, 6.45) is 0. The Morgan fingerprint density at radius 3 is 2.80 bits per heavy atom. The molecule has 1 N–H and O–H groups in total. The number of nitrogens with one attached hydrogen (secondary N) is 1. The van der Waals surface area contributed by atoms with E-state index in [0.29, 0.717) is 17.5 Å². The van der Waals surface area contributed by atoms with Gasteiger partial charge in [-0.3, -0.25) is 0 Å². The van der Waals surface area contributed by atoms with Gasteiger partial charge in [-0.05, 0) is 12.1 Å². The van der Waals surface area contributed by atoms with E-state index >= 15 is 0 Å². The molecule has 0 aliphatic carbocycles. The van der Waals surface area contributed by atoms with E-state index in [1.807, 2.05) is 0 Å². The van der Waals surface area contributed by atoms with Gasteiger partial charge in [-0.25, -0.2) is 13.4 Å². The molecule has 1 aromatic rings. The minimum Gasteiger partial charge on any atom is -0.369 e. The molecule has 0 unspecified atom stereocenters. The number of pyridine rings is 1. The molecule has 0 amide bonds. The Kier molecular flexibility index (Phi) is 4.35. The SMILES string of the molecule is CCS(=O)(=O)CCNc1cccc(Cl)n1. The molecule has 0 aliphatic rings. The Labute approximate surface area is 94.6 Å². The highest BCUT2D eigenvalue weighted by molar-refractivity contribution is 7.91. The van der Waals surface area contributed by atoms with Crippen molar-refractivity contribution in [3.8, 4) is 0 Å². The van der Waals surface area contributed by atoms with E-state index in [1.54, 1.807) is 25.1 Å². The zero-order valence-corrected chi connectivity index (χ0v) is 9.98. The highest BCUT2D eigenvalue weighted by atomic mass is 35.5. The van der Waals surface area contributed by atoms with Crippen molar-refractivity contribution >= 4 is 27.3 Å². The highest BCUT2D eigenvalue weighted by Gasteiger charge is 2.06. The summed E-state index contributed by atoms with van der Waals surface area (Å²) in [5.41, 5.74) is 0. The van der Waals surface area contributed by atoms with Gasteiger partial charge >= 0.3 is 0 Å². The Morgan fingerprint density at radius 2 is 2.20 bits per heavy atom. The van der Waals surface area contributed by atoms with Crippen LogP contribution in [-0.2, 0) is 9.84 Å². The number of hydrogen-bond acceptors (Lipinski definition) is 4. The van der Waals surface area contributed by atoms with E-state index in [4.69, 9.17) is 11.6 Å². The summed E-state index contributed by atoms with van der Waals surface area (Å²) < 4.78 is 22.3. The third kappa shape index (κ3) is 4.48. The highest BCUT2D eigenvalue weighted by Crippen LogP contribution is 2.08. The number of aromatic nitrogens is 1. The number of halogens is 1. The second-order valence-electron chi connectivity index (χ2n) is 3.01. The fraction of sp³-hybridized carbons (Fsp3) is 0.444. The molecule has 0 bridgehead atoms. The fourth-order valence-electron chi connectivity index (χ4n) is 0.986. The number of sulfone groups is 1. The summed E-state index contributed by atoms with van der Waals surface area (Å²) in [5, 5.41) is 3.29. The zero-order chi connectivity index (χ0) is 11.3. The molecular formula is C9H13ClN2O2S. The second kappa shape index (κ2) is 5.32. The normalized spacial score (nSPS) is 11.3. The van der Waals surface area contributed by atoms with Crippen LogP contribution in [0.15, 0.2) is 18.2 Å². The van der Waals surface area contributed by atoms with Crippen molar-refractivity contribution in [2.45, 2.75) is 6.92 Å². The monoisotopic (exact) mass is 248 g/mol. The third-order valence-corrected chi connectivity index (χ3v) is 3.79. The van der Waals surface area contributed by atoms with Gasteiger partial charge in [0.25, 0.3) is 0 Å². The average molecular weight is 249 g/mol. The average Bonchev–Trinajstić information content (AvgIpc) is 2.18. The van der Waals surface area contributed by atoms with E-state index in [0.717, 1.165) is 0 Å². The van der Waals surface area contributed by atoms with Crippen molar-refractivity contribution in [1.29, 1.82) is 0 Å². The molecule has 0 aromatic carbocycles. The van der Waals surface area contributed by atoms with E-state index in [-0.39, 0.29) is 11.5 Å². The first-order valence-corrected chi connectivity index (χ1v) is 6.80. The lowest BCUT2D eigenvalue weighted by atomic mass is 10.4. The molecule has 15 heavy (non-hydrogen) atoms. The van der Waals surface area contributed by atoms with Gasteiger partial charge in [0.15, 0.2) is 9.84 Å². The van der Waals surface area contributed by atoms with Gasteiger partial charge in [0, 0.05) is 12.3 Å². The van der Waals surface area contributed by atoms with Gasteiger partial charge < -0.3 is 5.32 Å². The van der Waals surface area contributed by atoms with Gasteiger partial charge in [-0.2, -0.15) is 0 Å². The molecule has 0 saturated carbocycles. The van der Waals surface area contributed by atoms with E-state index in [2.05, 4.69) is 10.3 Å². The Morgan fingerprint density at radius 1 is 1.47 bits per heavy atom. The predicted molar refractivity (Wildman–Crippen MR) is 62.1 cm³/mol. The van der Waals surface area contributed by atoms with Gasteiger partial charge in [0.1, 0.15) is 11.0 Å². The van der Waals surface area contributed by atoms with E-state index in [9.17, 15) is 8.42 Å². The first kappa shape index (κ1) is 12.3. The van der Waals surface area contributed by atoms with Gasteiger partial charge in [-0.15, -0.1) is 0 Å². The maximum atomic E-state index is 11.2. The van der Waals surface area contributed by atoms with Crippen molar-refractivity contribution in [3.63, 3.8) is 0 Å².